The number of nitrogens with zero attached hydrogens (tertiary/aromatic N) is 2. The summed E-state index contributed by atoms with van der Waals surface area (Å²) in [4.78, 5) is 4.15. The lowest BCUT2D eigenvalue weighted by atomic mass is 10.1. The number of rotatable bonds is 6. The number of benzene rings is 1. The highest BCUT2D eigenvalue weighted by Crippen LogP contribution is 2.25. The number of ether oxygens (including phenoxy) is 1. The van der Waals surface area contributed by atoms with Crippen molar-refractivity contribution in [1.29, 1.82) is 0 Å². The quantitative estimate of drug-likeness (QED) is 0.867. The first-order chi connectivity index (χ1) is 9.26. The summed E-state index contributed by atoms with van der Waals surface area (Å²) in [5, 5.41) is 3.24. The van der Waals surface area contributed by atoms with Gasteiger partial charge in [-0.1, -0.05) is 18.2 Å². The molecular formula is C15H21N3O. The van der Waals surface area contributed by atoms with E-state index in [-0.39, 0.29) is 6.04 Å². The van der Waals surface area contributed by atoms with Gasteiger partial charge in [0.2, 0.25) is 0 Å². The van der Waals surface area contributed by atoms with E-state index in [0.29, 0.717) is 6.61 Å². The van der Waals surface area contributed by atoms with E-state index in [0.717, 1.165) is 18.0 Å². The molecule has 0 saturated carbocycles. The van der Waals surface area contributed by atoms with Crippen LogP contribution < -0.4 is 10.1 Å². The molecule has 1 heterocycles. The van der Waals surface area contributed by atoms with Crippen molar-refractivity contribution >= 4 is 0 Å². The second kappa shape index (κ2) is 6.38. The molecule has 1 unspecified atom stereocenters. The lowest BCUT2D eigenvalue weighted by Gasteiger charge is -2.16. The lowest BCUT2D eigenvalue weighted by molar-refractivity contribution is 0.290. The van der Waals surface area contributed by atoms with Crippen molar-refractivity contribution in [2.45, 2.75) is 33.0 Å². The van der Waals surface area contributed by atoms with Crippen LogP contribution in [0, 0.1) is 0 Å². The van der Waals surface area contributed by atoms with Gasteiger partial charge < -0.3 is 14.6 Å². The van der Waals surface area contributed by atoms with Gasteiger partial charge in [-0.2, -0.15) is 0 Å². The van der Waals surface area contributed by atoms with Crippen LogP contribution in [-0.4, -0.2) is 16.6 Å². The molecule has 0 aliphatic heterocycles. The molecule has 1 atom stereocenters. The summed E-state index contributed by atoms with van der Waals surface area (Å²) < 4.78 is 8.03. The fourth-order valence-electron chi connectivity index (χ4n) is 2.03. The fraction of sp³-hybridized carbons (Fsp3) is 0.400. The third-order valence-electron chi connectivity index (χ3n) is 3.33. The third kappa shape index (κ3) is 3.15. The molecule has 0 aliphatic carbocycles. The summed E-state index contributed by atoms with van der Waals surface area (Å²) in [5.74, 6) is 0.924. The monoisotopic (exact) mass is 259 g/mol. The largest absolute Gasteiger partial charge is 0.487 e. The minimum atomic E-state index is 0.271. The van der Waals surface area contributed by atoms with Crippen LogP contribution in [0.1, 0.15) is 31.1 Å². The highest BCUT2D eigenvalue weighted by Gasteiger charge is 2.10. The van der Waals surface area contributed by atoms with Gasteiger partial charge in [0.1, 0.15) is 12.4 Å². The molecule has 0 radical (unpaired) electrons. The Morgan fingerprint density at radius 1 is 1.37 bits per heavy atom. The maximum atomic E-state index is 5.95. The van der Waals surface area contributed by atoms with Crippen molar-refractivity contribution in [1.82, 2.24) is 14.9 Å². The van der Waals surface area contributed by atoms with Gasteiger partial charge in [-0.15, -0.1) is 0 Å². The number of nitrogens with one attached hydrogen (secondary N) is 1. The summed E-state index contributed by atoms with van der Waals surface area (Å²) in [6.45, 7) is 5.68. The zero-order valence-electron chi connectivity index (χ0n) is 11.8. The Morgan fingerprint density at radius 2 is 2.16 bits per heavy atom. The summed E-state index contributed by atoms with van der Waals surface area (Å²) in [5.41, 5.74) is 2.27. The van der Waals surface area contributed by atoms with Crippen molar-refractivity contribution < 1.29 is 4.74 Å². The van der Waals surface area contributed by atoms with E-state index >= 15 is 0 Å². The normalized spacial score (nSPS) is 12.4. The highest BCUT2D eigenvalue weighted by atomic mass is 16.5. The van der Waals surface area contributed by atoms with Crippen LogP contribution in [-0.2, 0) is 13.2 Å². The van der Waals surface area contributed by atoms with Crippen molar-refractivity contribution in [3.05, 3.63) is 48.0 Å². The molecule has 0 spiro atoms. The number of para-hydroxylation sites is 1. The first-order valence-corrected chi connectivity index (χ1v) is 6.64. The zero-order chi connectivity index (χ0) is 13.7. The van der Waals surface area contributed by atoms with Crippen LogP contribution in [0.2, 0.25) is 0 Å². The topological polar surface area (TPSA) is 39.1 Å². The van der Waals surface area contributed by atoms with E-state index < -0.39 is 0 Å². The molecule has 0 aliphatic rings. The summed E-state index contributed by atoms with van der Waals surface area (Å²) in [7, 11) is 1.95. The highest BCUT2D eigenvalue weighted by molar-refractivity contribution is 5.35. The number of aryl methyl sites for hydroxylation is 1. The minimum Gasteiger partial charge on any atom is -0.487 e. The molecule has 0 bridgehead atoms. The van der Waals surface area contributed by atoms with Crippen LogP contribution in [0.15, 0.2) is 36.8 Å². The smallest absolute Gasteiger partial charge is 0.130 e. The molecule has 0 amide bonds. The van der Waals surface area contributed by atoms with Crippen LogP contribution in [0.4, 0.5) is 0 Å². The molecule has 1 aromatic heterocycles. The average molecular weight is 259 g/mol. The maximum Gasteiger partial charge on any atom is 0.130 e. The second-order valence-electron chi connectivity index (χ2n) is 4.51. The molecule has 1 N–H and O–H groups in total. The van der Waals surface area contributed by atoms with Gasteiger partial charge in [0, 0.05) is 18.2 Å². The van der Waals surface area contributed by atoms with Crippen LogP contribution >= 0.6 is 0 Å². The van der Waals surface area contributed by atoms with E-state index in [4.69, 9.17) is 4.74 Å². The molecule has 2 rings (SSSR count). The average Bonchev–Trinajstić information content (AvgIpc) is 2.92. The van der Waals surface area contributed by atoms with Crippen molar-refractivity contribution in [3.63, 3.8) is 0 Å². The predicted molar refractivity (Wildman–Crippen MR) is 76.1 cm³/mol. The molecular weight excluding hydrogens is 238 g/mol. The van der Waals surface area contributed by atoms with E-state index in [2.05, 4.69) is 34.8 Å². The Bertz CT molecular complexity index is 522. The van der Waals surface area contributed by atoms with Gasteiger partial charge in [-0.05, 0) is 27.0 Å². The van der Waals surface area contributed by atoms with Gasteiger partial charge in [0.25, 0.3) is 0 Å². The van der Waals surface area contributed by atoms with E-state index in [1.807, 2.05) is 37.8 Å². The summed E-state index contributed by atoms with van der Waals surface area (Å²) >= 11 is 0. The van der Waals surface area contributed by atoms with Crippen LogP contribution in [0.25, 0.3) is 0 Å². The summed E-state index contributed by atoms with van der Waals surface area (Å²) in [6.07, 6.45) is 3.69. The van der Waals surface area contributed by atoms with E-state index in [1.54, 1.807) is 0 Å². The first kappa shape index (κ1) is 13.6. The minimum absolute atomic E-state index is 0.271. The second-order valence-corrected chi connectivity index (χ2v) is 4.51. The van der Waals surface area contributed by atoms with Gasteiger partial charge in [-0.3, -0.25) is 0 Å². The molecule has 4 heteroatoms. The number of hydrogen-bond acceptors (Lipinski definition) is 3. The van der Waals surface area contributed by atoms with Gasteiger partial charge in [0.15, 0.2) is 0 Å². The van der Waals surface area contributed by atoms with Crippen molar-refractivity contribution in [2.24, 2.45) is 0 Å². The van der Waals surface area contributed by atoms with Gasteiger partial charge in [0.05, 0.1) is 18.2 Å². The first-order valence-electron chi connectivity index (χ1n) is 6.64. The molecule has 2 aromatic rings. The van der Waals surface area contributed by atoms with Crippen LogP contribution in [0.3, 0.4) is 0 Å². The molecule has 0 fully saturated rings. The zero-order valence-corrected chi connectivity index (χ0v) is 11.8. The Hall–Kier alpha value is -1.81. The molecule has 1 aromatic carbocycles. The maximum absolute atomic E-state index is 5.95. The predicted octanol–water partition coefficient (Wildman–Crippen LogP) is 2.76. The third-order valence-corrected chi connectivity index (χ3v) is 3.33. The number of hydrogen-bond donors (Lipinski definition) is 1. The van der Waals surface area contributed by atoms with E-state index in [9.17, 15) is 0 Å². The number of aromatic nitrogens is 2. The Balaban J connectivity index is 2.11. The Morgan fingerprint density at radius 3 is 2.89 bits per heavy atom. The van der Waals surface area contributed by atoms with Gasteiger partial charge >= 0.3 is 0 Å². The number of imidazole rings is 1. The standard InChI is InChI=1S/C15H21N3O/c1-4-18-11-17-9-13(18)10-19-15-8-6-5-7-14(15)12(2)16-3/h5-9,11-12,16H,4,10H2,1-3H3. The molecule has 19 heavy (non-hydrogen) atoms. The van der Waals surface area contributed by atoms with Crippen molar-refractivity contribution in [3.8, 4) is 5.75 Å². The molecule has 102 valence electrons. The fourth-order valence-corrected chi connectivity index (χ4v) is 2.03. The SMILES string of the molecule is CCn1cncc1COc1ccccc1C(C)NC. The lowest BCUT2D eigenvalue weighted by Crippen LogP contribution is -2.14. The van der Waals surface area contributed by atoms with Crippen molar-refractivity contribution in [2.75, 3.05) is 7.05 Å². The molecule has 4 nitrogen and oxygen atoms in total. The Kier molecular flexibility index (Phi) is 4.58. The van der Waals surface area contributed by atoms with Gasteiger partial charge in [-0.25, -0.2) is 4.98 Å². The van der Waals surface area contributed by atoms with Crippen LogP contribution in [0.5, 0.6) is 5.75 Å². The Labute approximate surface area is 114 Å². The van der Waals surface area contributed by atoms with E-state index in [1.165, 1.54) is 5.56 Å². The summed E-state index contributed by atoms with van der Waals surface area (Å²) in [6, 6.07) is 8.40. The molecule has 0 saturated heterocycles.